The van der Waals surface area contributed by atoms with Crippen LogP contribution in [-0.2, 0) is 4.79 Å². The van der Waals surface area contributed by atoms with Crippen molar-refractivity contribution in [2.24, 2.45) is 5.92 Å². The van der Waals surface area contributed by atoms with Crippen molar-refractivity contribution in [1.82, 2.24) is 0 Å². The van der Waals surface area contributed by atoms with Crippen LogP contribution < -0.4 is 4.74 Å². The van der Waals surface area contributed by atoms with Crippen molar-refractivity contribution in [3.63, 3.8) is 0 Å². The largest absolute Gasteiger partial charge is 0.426 e. The number of rotatable bonds is 1. The molecular formula is C15H17BrO2. The summed E-state index contributed by atoms with van der Waals surface area (Å²) >= 11 is 3.52. The Morgan fingerprint density at radius 2 is 1.94 bits per heavy atom. The van der Waals surface area contributed by atoms with Crippen LogP contribution in [0, 0.1) is 5.92 Å². The molecule has 0 spiro atoms. The predicted octanol–water partition coefficient (Wildman–Crippen LogP) is 4.42. The first-order valence-electron chi connectivity index (χ1n) is 6.74. The molecule has 0 aromatic heterocycles. The summed E-state index contributed by atoms with van der Waals surface area (Å²) in [5.41, 5.74) is 1.22. The van der Waals surface area contributed by atoms with Crippen molar-refractivity contribution in [1.29, 1.82) is 0 Å². The second-order valence-electron chi connectivity index (χ2n) is 5.36. The molecule has 1 atom stereocenters. The van der Waals surface area contributed by atoms with Gasteiger partial charge in [0.05, 0.1) is 6.42 Å². The number of halogens is 1. The summed E-state index contributed by atoms with van der Waals surface area (Å²) in [6.07, 6.45) is 7.01. The Morgan fingerprint density at radius 3 is 2.72 bits per heavy atom. The fourth-order valence-corrected chi connectivity index (χ4v) is 3.69. The maximum absolute atomic E-state index is 11.7. The van der Waals surface area contributed by atoms with E-state index in [1.165, 1.54) is 37.7 Å². The topological polar surface area (TPSA) is 26.3 Å². The van der Waals surface area contributed by atoms with Gasteiger partial charge in [0.1, 0.15) is 5.75 Å². The lowest BCUT2D eigenvalue weighted by atomic mass is 9.74. The highest BCUT2D eigenvalue weighted by atomic mass is 79.9. The van der Waals surface area contributed by atoms with Gasteiger partial charge >= 0.3 is 5.97 Å². The van der Waals surface area contributed by atoms with Gasteiger partial charge in [0.2, 0.25) is 0 Å². The van der Waals surface area contributed by atoms with Crippen LogP contribution in [0.3, 0.4) is 0 Å². The fraction of sp³-hybridized carbons (Fsp3) is 0.533. The third-order valence-electron chi connectivity index (χ3n) is 4.20. The predicted molar refractivity (Wildman–Crippen MR) is 73.7 cm³/mol. The third-order valence-corrected chi connectivity index (χ3v) is 4.69. The molecule has 0 radical (unpaired) electrons. The van der Waals surface area contributed by atoms with Crippen LogP contribution in [0.25, 0.3) is 0 Å². The average molecular weight is 309 g/mol. The van der Waals surface area contributed by atoms with E-state index >= 15 is 0 Å². The van der Waals surface area contributed by atoms with Crippen molar-refractivity contribution >= 4 is 21.9 Å². The highest BCUT2D eigenvalue weighted by Crippen LogP contribution is 2.44. The number of carbonyl (C=O) groups is 1. The number of esters is 1. The minimum absolute atomic E-state index is 0.0691. The second kappa shape index (κ2) is 5.04. The standard InChI is InChI=1S/C15H17BrO2/c16-11-6-7-14-13(8-11)12(9-15(17)18-14)10-4-2-1-3-5-10/h6-8,10,12H,1-5,9H2. The van der Waals surface area contributed by atoms with Crippen LogP contribution >= 0.6 is 15.9 Å². The molecule has 3 rings (SSSR count). The third kappa shape index (κ3) is 2.33. The lowest BCUT2D eigenvalue weighted by molar-refractivity contribution is -0.136. The Kier molecular flexibility index (Phi) is 3.42. The number of ether oxygens (including phenoxy) is 1. The zero-order valence-corrected chi connectivity index (χ0v) is 11.9. The molecule has 1 unspecified atom stereocenters. The fourth-order valence-electron chi connectivity index (χ4n) is 3.31. The van der Waals surface area contributed by atoms with Gasteiger partial charge in [0.15, 0.2) is 0 Å². The van der Waals surface area contributed by atoms with Crippen molar-refractivity contribution in [2.75, 3.05) is 0 Å². The molecule has 0 N–H and O–H groups in total. The van der Waals surface area contributed by atoms with E-state index in [0.717, 1.165) is 10.2 Å². The van der Waals surface area contributed by atoms with E-state index in [4.69, 9.17) is 4.74 Å². The van der Waals surface area contributed by atoms with Gasteiger partial charge in [-0.3, -0.25) is 4.79 Å². The lowest BCUT2D eigenvalue weighted by Crippen LogP contribution is -2.26. The van der Waals surface area contributed by atoms with E-state index in [1.54, 1.807) is 0 Å². The molecule has 2 aliphatic rings. The number of hydrogen-bond acceptors (Lipinski definition) is 2. The molecule has 0 bridgehead atoms. The quantitative estimate of drug-likeness (QED) is 0.567. The van der Waals surface area contributed by atoms with E-state index in [-0.39, 0.29) is 5.97 Å². The molecule has 0 amide bonds. The number of fused-ring (bicyclic) bond motifs is 1. The molecule has 18 heavy (non-hydrogen) atoms. The van der Waals surface area contributed by atoms with Crippen LogP contribution in [0.4, 0.5) is 0 Å². The Balaban J connectivity index is 1.94. The van der Waals surface area contributed by atoms with Crippen molar-refractivity contribution in [3.8, 4) is 5.75 Å². The molecular weight excluding hydrogens is 292 g/mol. The SMILES string of the molecule is O=C1CC(C2CCCCC2)c2cc(Br)ccc2O1. The van der Waals surface area contributed by atoms with E-state index in [9.17, 15) is 4.79 Å². The van der Waals surface area contributed by atoms with E-state index < -0.39 is 0 Å². The first kappa shape index (κ1) is 12.2. The Labute approximate surface area is 116 Å². The van der Waals surface area contributed by atoms with Gasteiger partial charge in [-0.05, 0) is 42.5 Å². The van der Waals surface area contributed by atoms with Gasteiger partial charge in [0, 0.05) is 10.4 Å². The first-order valence-corrected chi connectivity index (χ1v) is 7.53. The summed E-state index contributed by atoms with van der Waals surface area (Å²) in [4.78, 5) is 11.7. The number of carbonyl (C=O) groups excluding carboxylic acids is 1. The summed E-state index contributed by atoms with van der Waals surface area (Å²) in [5, 5.41) is 0. The van der Waals surface area contributed by atoms with Crippen LogP contribution in [0.15, 0.2) is 22.7 Å². The Bertz CT molecular complexity index is 464. The highest BCUT2D eigenvalue weighted by Gasteiger charge is 2.33. The minimum atomic E-state index is -0.0691. The van der Waals surface area contributed by atoms with Gasteiger partial charge < -0.3 is 4.74 Å². The van der Waals surface area contributed by atoms with Crippen molar-refractivity contribution < 1.29 is 9.53 Å². The van der Waals surface area contributed by atoms with Crippen LogP contribution in [-0.4, -0.2) is 5.97 Å². The zero-order chi connectivity index (χ0) is 12.5. The van der Waals surface area contributed by atoms with Gasteiger partial charge in [-0.2, -0.15) is 0 Å². The van der Waals surface area contributed by atoms with Gasteiger partial charge in [-0.25, -0.2) is 0 Å². The molecule has 1 aromatic carbocycles. The molecule has 1 aliphatic heterocycles. The first-order chi connectivity index (χ1) is 8.74. The average Bonchev–Trinajstić information content (AvgIpc) is 2.39. The highest BCUT2D eigenvalue weighted by molar-refractivity contribution is 9.10. The summed E-state index contributed by atoms with van der Waals surface area (Å²) in [6, 6.07) is 5.97. The molecule has 1 heterocycles. The summed E-state index contributed by atoms with van der Waals surface area (Å²) in [5.74, 6) is 1.71. The van der Waals surface area contributed by atoms with Gasteiger partial charge in [0.25, 0.3) is 0 Å². The van der Waals surface area contributed by atoms with E-state index in [0.29, 0.717) is 18.3 Å². The lowest BCUT2D eigenvalue weighted by Gasteiger charge is -2.33. The molecule has 1 aromatic rings. The number of hydrogen-bond donors (Lipinski definition) is 0. The molecule has 1 saturated carbocycles. The Morgan fingerprint density at radius 1 is 1.17 bits per heavy atom. The van der Waals surface area contributed by atoms with Crippen LogP contribution in [0.2, 0.25) is 0 Å². The molecule has 1 aliphatic carbocycles. The van der Waals surface area contributed by atoms with Crippen molar-refractivity contribution in [3.05, 3.63) is 28.2 Å². The normalized spacial score (nSPS) is 24.5. The van der Waals surface area contributed by atoms with E-state index in [1.807, 2.05) is 12.1 Å². The zero-order valence-electron chi connectivity index (χ0n) is 10.3. The van der Waals surface area contributed by atoms with Crippen LogP contribution in [0.1, 0.15) is 50.0 Å². The monoisotopic (exact) mass is 308 g/mol. The summed E-state index contributed by atoms with van der Waals surface area (Å²) in [6.45, 7) is 0. The minimum Gasteiger partial charge on any atom is -0.426 e. The second-order valence-corrected chi connectivity index (χ2v) is 6.28. The maximum atomic E-state index is 11.7. The van der Waals surface area contributed by atoms with Gasteiger partial charge in [-0.15, -0.1) is 0 Å². The van der Waals surface area contributed by atoms with Crippen LogP contribution in [0.5, 0.6) is 5.75 Å². The summed E-state index contributed by atoms with van der Waals surface area (Å²) in [7, 11) is 0. The maximum Gasteiger partial charge on any atom is 0.311 e. The summed E-state index contributed by atoms with van der Waals surface area (Å²) < 4.78 is 6.42. The Hall–Kier alpha value is -0.830. The molecule has 1 fully saturated rings. The smallest absolute Gasteiger partial charge is 0.311 e. The molecule has 2 nitrogen and oxygen atoms in total. The van der Waals surface area contributed by atoms with Crippen molar-refractivity contribution in [2.45, 2.75) is 44.4 Å². The van der Waals surface area contributed by atoms with E-state index in [2.05, 4.69) is 22.0 Å². The molecule has 96 valence electrons. The number of benzene rings is 1. The molecule has 3 heteroatoms. The van der Waals surface area contributed by atoms with Gasteiger partial charge in [-0.1, -0.05) is 35.2 Å². The molecule has 0 saturated heterocycles.